The molecule has 0 aliphatic heterocycles. The van der Waals surface area contributed by atoms with Crippen LogP contribution in [-0.2, 0) is 7.05 Å². The zero-order valence-electron chi connectivity index (χ0n) is 20.3. The average molecular weight is 471 g/mol. The standard InChI is InChI=1S/C26H30N8O/c1-4-27-25-11-23-21(14-28-25)26(18-13-30-33(3)15-18)32-34(23)19-5-7-20(8-6-19)35-24-10-17-12-29-31-22(17)9-16(24)2/h9-15,19-20H,4-8H2,1-3H3,(H,27,28)(H,29,31). The first kappa shape index (κ1) is 21.6. The predicted octanol–water partition coefficient (Wildman–Crippen LogP) is 5.01. The first-order chi connectivity index (χ1) is 17.1. The summed E-state index contributed by atoms with van der Waals surface area (Å²) in [6.07, 6.45) is 11.9. The third kappa shape index (κ3) is 4.00. The first-order valence-corrected chi connectivity index (χ1v) is 12.3. The number of fused-ring (bicyclic) bond motifs is 2. The predicted molar refractivity (Wildman–Crippen MR) is 137 cm³/mol. The fraction of sp³-hybridized carbons (Fsp3) is 0.385. The lowest BCUT2D eigenvalue weighted by atomic mass is 9.93. The number of aryl methyl sites for hydroxylation is 2. The number of hydrogen-bond donors (Lipinski definition) is 2. The molecule has 9 heteroatoms. The van der Waals surface area contributed by atoms with Gasteiger partial charge in [-0.1, -0.05) is 0 Å². The number of aromatic nitrogens is 7. The molecule has 1 aliphatic rings. The zero-order valence-corrected chi connectivity index (χ0v) is 20.3. The molecule has 2 N–H and O–H groups in total. The fourth-order valence-electron chi connectivity index (χ4n) is 5.14. The van der Waals surface area contributed by atoms with Crippen LogP contribution in [0.15, 0.2) is 43.0 Å². The lowest BCUT2D eigenvalue weighted by Gasteiger charge is -2.30. The normalized spacial score (nSPS) is 18.4. The van der Waals surface area contributed by atoms with Crippen molar-refractivity contribution in [3.05, 3.63) is 48.5 Å². The summed E-state index contributed by atoms with van der Waals surface area (Å²) >= 11 is 0. The van der Waals surface area contributed by atoms with Crippen LogP contribution in [-0.4, -0.2) is 47.4 Å². The Balaban J connectivity index is 1.26. The molecule has 1 aliphatic carbocycles. The van der Waals surface area contributed by atoms with E-state index in [1.54, 1.807) is 0 Å². The number of H-pyrrole nitrogens is 1. The van der Waals surface area contributed by atoms with Gasteiger partial charge in [0.15, 0.2) is 0 Å². The van der Waals surface area contributed by atoms with Crippen molar-refractivity contribution in [3.8, 4) is 17.0 Å². The van der Waals surface area contributed by atoms with Crippen molar-refractivity contribution in [1.29, 1.82) is 0 Å². The van der Waals surface area contributed by atoms with Crippen molar-refractivity contribution in [1.82, 2.24) is 34.7 Å². The zero-order chi connectivity index (χ0) is 23.9. The van der Waals surface area contributed by atoms with Gasteiger partial charge in [0.05, 0.1) is 35.6 Å². The number of pyridine rings is 1. The molecule has 4 aromatic heterocycles. The second kappa shape index (κ2) is 8.72. The SMILES string of the molecule is CCNc1cc2c(cn1)c(-c1cnn(C)c1)nn2C1CCC(Oc2cc3cn[nH]c3cc2C)CC1. The van der Waals surface area contributed by atoms with Crippen LogP contribution < -0.4 is 10.1 Å². The van der Waals surface area contributed by atoms with Gasteiger partial charge < -0.3 is 10.1 Å². The molecule has 35 heavy (non-hydrogen) atoms. The van der Waals surface area contributed by atoms with Crippen molar-refractivity contribution in [2.75, 3.05) is 11.9 Å². The van der Waals surface area contributed by atoms with Crippen LogP contribution >= 0.6 is 0 Å². The summed E-state index contributed by atoms with van der Waals surface area (Å²) in [5.74, 6) is 1.83. The molecule has 0 bridgehead atoms. The van der Waals surface area contributed by atoms with Crippen molar-refractivity contribution in [3.63, 3.8) is 0 Å². The van der Waals surface area contributed by atoms with E-state index in [2.05, 4.69) is 62.3 Å². The fourth-order valence-corrected chi connectivity index (χ4v) is 5.14. The Labute approximate surface area is 203 Å². The number of benzene rings is 1. The van der Waals surface area contributed by atoms with Crippen molar-refractivity contribution in [2.24, 2.45) is 7.05 Å². The number of nitrogens with one attached hydrogen (secondary N) is 2. The Hall–Kier alpha value is -3.88. The second-order valence-electron chi connectivity index (χ2n) is 9.44. The average Bonchev–Trinajstić information content (AvgIpc) is 3.58. The van der Waals surface area contributed by atoms with Gasteiger partial charge in [-0.2, -0.15) is 15.3 Å². The highest BCUT2D eigenvalue weighted by Gasteiger charge is 2.27. The molecule has 0 unspecified atom stereocenters. The number of anilines is 1. The summed E-state index contributed by atoms with van der Waals surface area (Å²) in [5, 5.41) is 22.1. The molecule has 5 aromatic rings. The summed E-state index contributed by atoms with van der Waals surface area (Å²) < 4.78 is 10.5. The molecule has 1 saturated carbocycles. The maximum absolute atomic E-state index is 6.46. The molecule has 1 fully saturated rings. The van der Waals surface area contributed by atoms with E-state index in [4.69, 9.17) is 9.84 Å². The van der Waals surface area contributed by atoms with Crippen LogP contribution in [0.25, 0.3) is 33.1 Å². The van der Waals surface area contributed by atoms with Crippen molar-refractivity contribution in [2.45, 2.75) is 51.7 Å². The highest BCUT2D eigenvalue weighted by atomic mass is 16.5. The minimum absolute atomic E-state index is 0.202. The summed E-state index contributed by atoms with van der Waals surface area (Å²) in [7, 11) is 1.93. The van der Waals surface area contributed by atoms with Crippen LogP contribution in [0.3, 0.4) is 0 Å². The van der Waals surface area contributed by atoms with Crippen LogP contribution in [0.2, 0.25) is 0 Å². The third-order valence-electron chi connectivity index (χ3n) is 6.95. The highest BCUT2D eigenvalue weighted by molar-refractivity contribution is 5.93. The van der Waals surface area contributed by atoms with Crippen LogP contribution in [0.1, 0.15) is 44.2 Å². The Morgan fingerprint density at radius 1 is 1.11 bits per heavy atom. The maximum atomic E-state index is 6.46. The molecule has 0 atom stereocenters. The molecule has 180 valence electrons. The van der Waals surface area contributed by atoms with Gasteiger partial charge in [0.25, 0.3) is 0 Å². The molecule has 4 heterocycles. The molecule has 0 radical (unpaired) electrons. The van der Waals surface area contributed by atoms with Gasteiger partial charge in [-0.05, 0) is 57.2 Å². The smallest absolute Gasteiger partial charge is 0.128 e. The lowest BCUT2D eigenvalue weighted by Crippen LogP contribution is -2.26. The van der Waals surface area contributed by atoms with Gasteiger partial charge in [-0.25, -0.2) is 4.98 Å². The largest absolute Gasteiger partial charge is 0.490 e. The molecule has 0 amide bonds. The number of hydrogen-bond acceptors (Lipinski definition) is 6. The second-order valence-corrected chi connectivity index (χ2v) is 9.44. The number of rotatable bonds is 6. The number of nitrogens with zero attached hydrogens (tertiary/aromatic N) is 6. The Morgan fingerprint density at radius 2 is 1.97 bits per heavy atom. The summed E-state index contributed by atoms with van der Waals surface area (Å²) in [6, 6.07) is 6.64. The van der Waals surface area contributed by atoms with Crippen molar-refractivity contribution < 1.29 is 4.74 Å². The number of aromatic amines is 1. The van der Waals surface area contributed by atoms with Gasteiger partial charge in [-0.15, -0.1) is 0 Å². The van der Waals surface area contributed by atoms with E-state index in [1.807, 2.05) is 36.5 Å². The Kier molecular flexibility index (Phi) is 5.39. The van der Waals surface area contributed by atoms with Gasteiger partial charge in [0, 0.05) is 48.4 Å². The lowest BCUT2D eigenvalue weighted by molar-refractivity contribution is 0.130. The molecule has 1 aromatic carbocycles. The highest BCUT2D eigenvalue weighted by Crippen LogP contribution is 2.37. The Morgan fingerprint density at radius 3 is 2.74 bits per heavy atom. The van der Waals surface area contributed by atoms with E-state index in [0.29, 0.717) is 6.04 Å². The molecule has 6 rings (SSSR count). The van der Waals surface area contributed by atoms with Gasteiger partial charge in [0.1, 0.15) is 17.3 Å². The van der Waals surface area contributed by atoms with E-state index >= 15 is 0 Å². The monoisotopic (exact) mass is 470 g/mol. The van der Waals surface area contributed by atoms with E-state index in [-0.39, 0.29) is 6.10 Å². The van der Waals surface area contributed by atoms with Gasteiger partial charge in [-0.3, -0.25) is 14.5 Å². The third-order valence-corrected chi connectivity index (χ3v) is 6.95. The topological polar surface area (TPSA) is 98.5 Å². The van der Waals surface area contributed by atoms with E-state index in [0.717, 1.165) is 82.4 Å². The minimum Gasteiger partial charge on any atom is -0.490 e. The van der Waals surface area contributed by atoms with Crippen molar-refractivity contribution >= 4 is 27.6 Å². The van der Waals surface area contributed by atoms with E-state index in [1.165, 1.54) is 0 Å². The van der Waals surface area contributed by atoms with Crippen LogP contribution in [0, 0.1) is 6.92 Å². The first-order valence-electron chi connectivity index (χ1n) is 12.3. The quantitative estimate of drug-likeness (QED) is 0.362. The molecular weight excluding hydrogens is 440 g/mol. The summed E-state index contributed by atoms with van der Waals surface area (Å²) in [4.78, 5) is 4.61. The van der Waals surface area contributed by atoms with E-state index < -0.39 is 0 Å². The molecule has 0 saturated heterocycles. The molecular formula is C26H30N8O. The van der Waals surface area contributed by atoms with E-state index in [9.17, 15) is 0 Å². The van der Waals surface area contributed by atoms with Crippen LogP contribution in [0.4, 0.5) is 5.82 Å². The summed E-state index contributed by atoms with van der Waals surface area (Å²) in [5.41, 5.74) is 5.23. The minimum atomic E-state index is 0.202. The molecule has 9 nitrogen and oxygen atoms in total. The summed E-state index contributed by atoms with van der Waals surface area (Å²) in [6.45, 7) is 5.00. The van der Waals surface area contributed by atoms with Gasteiger partial charge in [0.2, 0.25) is 0 Å². The van der Waals surface area contributed by atoms with Crippen LogP contribution in [0.5, 0.6) is 5.75 Å². The Bertz CT molecular complexity index is 1490. The van der Waals surface area contributed by atoms with Gasteiger partial charge >= 0.3 is 0 Å². The maximum Gasteiger partial charge on any atom is 0.128 e. The molecule has 0 spiro atoms. The number of ether oxygens (including phenoxy) is 1.